The van der Waals surface area contributed by atoms with E-state index in [4.69, 9.17) is 0 Å². The van der Waals surface area contributed by atoms with E-state index in [2.05, 4.69) is 57.5 Å². The van der Waals surface area contributed by atoms with Crippen molar-refractivity contribution >= 4 is 38.6 Å². The predicted molar refractivity (Wildman–Crippen MR) is 137 cm³/mol. The summed E-state index contributed by atoms with van der Waals surface area (Å²) in [6, 6.07) is 14.4. The Morgan fingerprint density at radius 2 is 1.67 bits per heavy atom. The predicted octanol–water partition coefficient (Wildman–Crippen LogP) is 1.03. The van der Waals surface area contributed by atoms with Gasteiger partial charge in [0, 0.05) is 25.2 Å². The van der Waals surface area contributed by atoms with Crippen LogP contribution in [0.15, 0.2) is 42.5 Å². The molecule has 0 aliphatic carbocycles. The minimum Gasteiger partial charge on any atom is -0.468 e. The Labute approximate surface area is 212 Å². The Hall–Kier alpha value is -3.02. The van der Waals surface area contributed by atoms with Crippen LogP contribution in [0, 0.1) is 0 Å². The van der Waals surface area contributed by atoms with E-state index in [1.807, 2.05) is 12.1 Å². The molecule has 1 aliphatic rings. The number of likely N-dealkylation sites (tertiary alicyclic amines) is 1. The molecule has 2 N–H and O–H groups in total. The molecule has 0 aromatic heterocycles. The highest BCUT2D eigenvalue weighted by atomic mass is 32.2. The van der Waals surface area contributed by atoms with Gasteiger partial charge in [-0.05, 0) is 36.1 Å². The number of nitrogens with one attached hydrogen (secondary N) is 2. The second-order valence-corrected chi connectivity index (χ2v) is 10.9. The molecule has 2 aromatic carbocycles. The summed E-state index contributed by atoms with van der Waals surface area (Å²) in [6.07, 6.45) is 2.28. The first-order valence-electron chi connectivity index (χ1n) is 11.9. The van der Waals surface area contributed by atoms with Crippen LogP contribution in [0.5, 0.6) is 0 Å². The van der Waals surface area contributed by atoms with Gasteiger partial charge in [-0.2, -0.15) is 4.31 Å². The molecule has 1 aliphatic heterocycles. The standard InChI is InChI=1S/C25H34N4O6S/c1-18(21-10-6-8-19-7-4-5-9-22(19)21)28-13-11-20(12-14-28)29(36(3,33)34)17-24(31)26-15-23(30)27-16-25(32)35-2/h4-10,18,20H,11-17H2,1-3H3,(H,26,31)(H,27,30)/t18-/m1/s1. The molecule has 0 unspecified atom stereocenters. The van der Waals surface area contributed by atoms with Crippen molar-refractivity contribution < 1.29 is 27.5 Å². The van der Waals surface area contributed by atoms with Crippen molar-refractivity contribution in [3.8, 4) is 0 Å². The summed E-state index contributed by atoms with van der Waals surface area (Å²) < 4.78 is 30.6. The Bertz CT molecular complexity index is 1190. The van der Waals surface area contributed by atoms with E-state index in [0.29, 0.717) is 25.9 Å². The van der Waals surface area contributed by atoms with Crippen molar-refractivity contribution in [1.82, 2.24) is 19.8 Å². The molecular formula is C25H34N4O6S. The van der Waals surface area contributed by atoms with E-state index in [1.54, 1.807) is 0 Å². The third kappa shape index (κ3) is 7.25. The number of esters is 1. The van der Waals surface area contributed by atoms with Crippen LogP contribution < -0.4 is 10.6 Å². The molecule has 36 heavy (non-hydrogen) atoms. The average molecular weight is 519 g/mol. The van der Waals surface area contributed by atoms with Gasteiger partial charge in [-0.15, -0.1) is 0 Å². The number of benzene rings is 2. The lowest BCUT2D eigenvalue weighted by atomic mass is 9.96. The lowest BCUT2D eigenvalue weighted by molar-refractivity contribution is -0.141. The number of amides is 2. The molecule has 2 aromatic rings. The lowest BCUT2D eigenvalue weighted by Gasteiger charge is -2.39. The molecule has 1 saturated heterocycles. The molecule has 0 radical (unpaired) electrons. The number of ether oxygens (including phenoxy) is 1. The molecular weight excluding hydrogens is 484 g/mol. The van der Waals surface area contributed by atoms with Crippen LogP contribution in [0.2, 0.25) is 0 Å². The summed E-state index contributed by atoms with van der Waals surface area (Å²) >= 11 is 0. The summed E-state index contributed by atoms with van der Waals surface area (Å²) in [5.41, 5.74) is 1.23. The second kappa shape index (κ2) is 12.3. The summed E-state index contributed by atoms with van der Waals surface area (Å²) in [5.74, 6) is -1.77. The van der Waals surface area contributed by atoms with E-state index in [-0.39, 0.29) is 31.7 Å². The minimum atomic E-state index is -3.65. The Morgan fingerprint density at radius 1 is 1.03 bits per heavy atom. The third-order valence-corrected chi connectivity index (χ3v) is 7.84. The topological polar surface area (TPSA) is 125 Å². The Morgan fingerprint density at radius 3 is 2.33 bits per heavy atom. The number of nitrogens with zero attached hydrogens (tertiary/aromatic N) is 2. The first-order valence-corrected chi connectivity index (χ1v) is 13.7. The zero-order chi connectivity index (χ0) is 26.3. The van der Waals surface area contributed by atoms with Gasteiger partial charge in [-0.25, -0.2) is 8.42 Å². The SMILES string of the molecule is COC(=O)CNC(=O)CNC(=O)CN(C1CCN([C@H](C)c2cccc3ccccc23)CC1)S(C)(=O)=O. The number of hydrogen-bond acceptors (Lipinski definition) is 7. The van der Waals surface area contributed by atoms with Gasteiger partial charge in [0.15, 0.2) is 0 Å². The van der Waals surface area contributed by atoms with Crippen LogP contribution >= 0.6 is 0 Å². The maximum atomic E-state index is 12.5. The number of fused-ring (bicyclic) bond motifs is 1. The number of carbonyl (C=O) groups is 3. The van der Waals surface area contributed by atoms with E-state index in [1.165, 1.54) is 27.8 Å². The quantitative estimate of drug-likeness (QED) is 0.450. The highest BCUT2D eigenvalue weighted by molar-refractivity contribution is 7.88. The molecule has 0 bridgehead atoms. The van der Waals surface area contributed by atoms with Crippen LogP contribution in [-0.4, -0.2) is 87.5 Å². The third-order valence-electron chi connectivity index (χ3n) is 6.56. The van der Waals surface area contributed by atoms with Gasteiger partial charge in [0.2, 0.25) is 21.8 Å². The summed E-state index contributed by atoms with van der Waals surface area (Å²) in [5, 5.41) is 7.11. The van der Waals surface area contributed by atoms with Crippen LogP contribution in [0.25, 0.3) is 10.8 Å². The fourth-order valence-electron chi connectivity index (χ4n) is 4.57. The van der Waals surface area contributed by atoms with Gasteiger partial charge >= 0.3 is 5.97 Å². The number of hydrogen-bond donors (Lipinski definition) is 2. The van der Waals surface area contributed by atoms with Gasteiger partial charge in [0.05, 0.1) is 26.5 Å². The minimum absolute atomic E-state index is 0.163. The van der Waals surface area contributed by atoms with Crippen molar-refractivity contribution in [3.63, 3.8) is 0 Å². The van der Waals surface area contributed by atoms with E-state index in [9.17, 15) is 22.8 Å². The fraction of sp³-hybridized carbons (Fsp3) is 0.480. The van der Waals surface area contributed by atoms with Crippen LogP contribution in [-0.2, 0) is 29.1 Å². The molecule has 0 spiro atoms. The Balaban J connectivity index is 1.57. The monoisotopic (exact) mass is 518 g/mol. The fourth-order valence-corrected chi connectivity index (χ4v) is 5.68. The normalized spacial score (nSPS) is 16.0. The highest BCUT2D eigenvalue weighted by Crippen LogP contribution is 2.31. The van der Waals surface area contributed by atoms with Crippen molar-refractivity contribution in [1.29, 1.82) is 0 Å². The number of methoxy groups -OCH3 is 1. The van der Waals surface area contributed by atoms with Gasteiger partial charge < -0.3 is 15.4 Å². The molecule has 1 fully saturated rings. The lowest BCUT2D eigenvalue weighted by Crippen LogP contribution is -2.51. The van der Waals surface area contributed by atoms with Crippen molar-refractivity contribution in [3.05, 3.63) is 48.0 Å². The van der Waals surface area contributed by atoms with E-state index in [0.717, 1.165) is 6.26 Å². The maximum Gasteiger partial charge on any atom is 0.325 e. The van der Waals surface area contributed by atoms with Gasteiger partial charge in [0.1, 0.15) is 6.54 Å². The molecule has 196 valence electrons. The zero-order valence-electron chi connectivity index (χ0n) is 20.9. The summed E-state index contributed by atoms with van der Waals surface area (Å²) in [4.78, 5) is 37.6. The zero-order valence-corrected chi connectivity index (χ0v) is 21.7. The van der Waals surface area contributed by atoms with Gasteiger partial charge in [-0.3, -0.25) is 19.3 Å². The van der Waals surface area contributed by atoms with Crippen LogP contribution in [0.3, 0.4) is 0 Å². The summed E-state index contributed by atoms with van der Waals surface area (Å²) in [7, 11) is -2.45. The second-order valence-electron chi connectivity index (χ2n) is 8.95. The van der Waals surface area contributed by atoms with Crippen molar-refractivity contribution in [2.24, 2.45) is 0 Å². The largest absolute Gasteiger partial charge is 0.468 e. The molecule has 3 rings (SSSR count). The smallest absolute Gasteiger partial charge is 0.325 e. The van der Waals surface area contributed by atoms with Gasteiger partial charge in [-0.1, -0.05) is 42.5 Å². The summed E-state index contributed by atoms with van der Waals surface area (Å²) in [6.45, 7) is 2.50. The van der Waals surface area contributed by atoms with Crippen molar-refractivity contribution in [2.75, 3.05) is 46.1 Å². The molecule has 0 saturated carbocycles. The highest BCUT2D eigenvalue weighted by Gasteiger charge is 2.33. The van der Waals surface area contributed by atoms with Crippen molar-refractivity contribution in [2.45, 2.75) is 31.8 Å². The molecule has 1 heterocycles. The first kappa shape index (κ1) is 27.6. The van der Waals surface area contributed by atoms with Crippen LogP contribution in [0.1, 0.15) is 31.4 Å². The number of carbonyl (C=O) groups excluding carboxylic acids is 3. The maximum absolute atomic E-state index is 12.5. The average Bonchev–Trinajstić information content (AvgIpc) is 2.87. The number of sulfonamides is 1. The number of piperidine rings is 1. The number of rotatable bonds is 10. The Kier molecular flexibility index (Phi) is 9.41. The first-order chi connectivity index (χ1) is 17.1. The van der Waals surface area contributed by atoms with E-state index < -0.39 is 27.8 Å². The van der Waals surface area contributed by atoms with Gasteiger partial charge in [0.25, 0.3) is 0 Å². The molecule has 2 amide bonds. The molecule has 1 atom stereocenters. The molecule has 11 heteroatoms. The molecule has 10 nitrogen and oxygen atoms in total. The van der Waals surface area contributed by atoms with E-state index >= 15 is 0 Å². The van der Waals surface area contributed by atoms with Crippen LogP contribution in [0.4, 0.5) is 0 Å².